The Balaban J connectivity index is 2.02. The summed E-state index contributed by atoms with van der Waals surface area (Å²) in [6, 6.07) is 14.2. The number of hydrogen-bond donors (Lipinski definition) is 1. The molecule has 2 aromatic rings. The zero-order chi connectivity index (χ0) is 19.2. The third kappa shape index (κ3) is 6.54. The zero-order valence-electron chi connectivity index (χ0n) is 14.6. The number of sulfonamides is 1. The number of likely N-dealkylation sites (N-methyl/N-ethyl adjacent to an activating group) is 1. The van der Waals surface area contributed by atoms with Gasteiger partial charge in [-0.05, 0) is 48.4 Å². The molecule has 0 spiro atoms. The summed E-state index contributed by atoms with van der Waals surface area (Å²) in [7, 11) is -3.30. The van der Waals surface area contributed by atoms with E-state index in [9.17, 15) is 13.2 Å². The van der Waals surface area contributed by atoms with Gasteiger partial charge < -0.3 is 4.90 Å². The number of nitrogens with one attached hydrogen (secondary N) is 1. The number of anilines is 1. The Morgan fingerprint density at radius 1 is 1.19 bits per heavy atom. The molecule has 0 saturated carbocycles. The van der Waals surface area contributed by atoms with Gasteiger partial charge in [-0.2, -0.15) is 0 Å². The molecule has 5 nitrogen and oxygen atoms in total. The van der Waals surface area contributed by atoms with E-state index < -0.39 is 10.0 Å². The molecule has 1 N–H and O–H groups in total. The van der Waals surface area contributed by atoms with Crippen LogP contribution in [-0.4, -0.2) is 32.0 Å². The van der Waals surface area contributed by atoms with E-state index in [1.54, 1.807) is 41.3 Å². The van der Waals surface area contributed by atoms with E-state index in [0.717, 1.165) is 17.4 Å². The first-order valence-electron chi connectivity index (χ1n) is 8.06. The lowest BCUT2D eigenvalue weighted by atomic mass is 10.2. The van der Waals surface area contributed by atoms with Gasteiger partial charge >= 0.3 is 0 Å². The highest BCUT2D eigenvalue weighted by molar-refractivity contribution is 7.92. The van der Waals surface area contributed by atoms with Crippen LogP contribution in [0.25, 0.3) is 6.08 Å². The normalized spacial score (nSPS) is 11.5. The van der Waals surface area contributed by atoms with Crippen LogP contribution < -0.4 is 4.72 Å². The minimum absolute atomic E-state index is 0.106. The Morgan fingerprint density at radius 2 is 1.88 bits per heavy atom. The maximum atomic E-state index is 12.4. The summed E-state index contributed by atoms with van der Waals surface area (Å²) in [6.07, 6.45) is 4.30. The molecule has 0 atom stereocenters. The van der Waals surface area contributed by atoms with Gasteiger partial charge in [0.1, 0.15) is 0 Å². The monoisotopic (exact) mass is 392 g/mol. The lowest BCUT2D eigenvalue weighted by molar-refractivity contribution is -0.126. The van der Waals surface area contributed by atoms with Gasteiger partial charge in [-0.25, -0.2) is 8.42 Å². The number of benzene rings is 2. The van der Waals surface area contributed by atoms with Crippen molar-refractivity contribution in [1.82, 2.24) is 4.90 Å². The highest BCUT2D eigenvalue weighted by Crippen LogP contribution is 2.14. The van der Waals surface area contributed by atoms with Crippen molar-refractivity contribution in [1.29, 1.82) is 0 Å². The average molecular weight is 393 g/mol. The SMILES string of the molecule is CCN(Cc1cccc(Cl)c1)C(=O)/C=C/c1ccc(NS(C)(=O)=O)cc1. The molecule has 1 amide bonds. The van der Waals surface area contributed by atoms with Crippen LogP contribution in [0, 0.1) is 0 Å². The fourth-order valence-corrected chi connectivity index (χ4v) is 3.13. The molecule has 2 rings (SSSR count). The van der Waals surface area contributed by atoms with Crippen molar-refractivity contribution < 1.29 is 13.2 Å². The Hall–Kier alpha value is -2.31. The minimum atomic E-state index is -3.30. The molecule has 0 fully saturated rings. The first-order chi connectivity index (χ1) is 12.3. The lowest BCUT2D eigenvalue weighted by Crippen LogP contribution is -2.28. The van der Waals surface area contributed by atoms with Crippen molar-refractivity contribution in [2.24, 2.45) is 0 Å². The second kappa shape index (κ2) is 8.87. The largest absolute Gasteiger partial charge is 0.335 e. The van der Waals surface area contributed by atoms with Gasteiger partial charge in [0.2, 0.25) is 15.9 Å². The molecule has 0 aliphatic rings. The molecule has 0 saturated heterocycles. The third-order valence-corrected chi connectivity index (χ3v) is 4.43. The van der Waals surface area contributed by atoms with Crippen LogP contribution in [-0.2, 0) is 21.4 Å². The molecule has 0 aliphatic heterocycles. The van der Waals surface area contributed by atoms with E-state index in [-0.39, 0.29) is 5.91 Å². The van der Waals surface area contributed by atoms with Crippen LogP contribution >= 0.6 is 11.6 Å². The molecular weight excluding hydrogens is 372 g/mol. The molecular formula is C19H21ClN2O3S. The summed E-state index contributed by atoms with van der Waals surface area (Å²) in [5.41, 5.74) is 2.25. The molecule has 0 aromatic heterocycles. The van der Waals surface area contributed by atoms with E-state index in [1.165, 1.54) is 6.08 Å². The first kappa shape index (κ1) is 20.0. The summed E-state index contributed by atoms with van der Waals surface area (Å²) in [6.45, 7) is 2.98. The lowest BCUT2D eigenvalue weighted by Gasteiger charge is -2.19. The van der Waals surface area contributed by atoms with Crippen molar-refractivity contribution in [2.75, 3.05) is 17.5 Å². The van der Waals surface area contributed by atoms with Gasteiger partial charge in [0.05, 0.1) is 6.26 Å². The fourth-order valence-electron chi connectivity index (χ4n) is 2.35. The smallest absolute Gasteiger partial charge is 0.246 e. The second-order valence-corrected chi connectivity index (χ2v) is 8.00. The van der Waals surface area contributed by atoms with E-state index in [4.69, 9.17) is 11.6 Å². The van der Waals surface area contributed by atoms with Gasteiger partial charge in [-0.1, -0.05) is 35.9 Å². The van der Waals surface area contributed by atoms with Crippen molar-refractivity contribution in [2.45, 2.75) is 13.5 Å². The molecule has 0 heterocycles. The second-order valence-electron chi connectivity index (χ2n) is 5.81. The van der Waals surface area contributed by atoms with Gasteiger partial charge in [0, 0.05) is 29.9 Å². The molecule has 7 heteroatoms. The van der Waals surface area contributed by atoms with Gasteiger partial charge in [0.15, 0.2) is 0 Å². The van der Waals surface area contributed by atoms with Crippen LogP contribution in [0.4, 0.5) is 5.69 Å². The van der Waals surface area contributed by atoms with E-state index >= 15 is 0 Å². The van der Waals surface area contributed by atoms with E-state index in [1.807, 2.05) is 25.1 Å². The van der Waals surface area contributed by atoms with Gasteiger partial charge in [0.25, 0.3) is 0 Å². The summed E-state index contributed by atoms with van der Waals surface area (Å²) < 4.78 is 24.8. The van der Waals surface area contributed by atoms with Gasteiger partial charge in [-0.15, -0.1) is 0 Å². The van der Waals surface area contributed by atoms with Crippen LogP contribution in [0.2, 0.25) is 5.02 Å². The number of halogens is 1. The summed E-state index contributed by atoms with van der Waals surface area (Å²) in [5, 5.41) is 0.643. The minimum Gasteiger partial charge on any atom is -0.335 e. The fraction of sp³-hybridized carbons (Fsp3) is 0.211. The van der Waals surface area contributed by atoms with Gasteiger partial charge in [-0.3, -0.25) is 9.52 Å². The Kier molecular flexibility index (Phi) is 6.83. The Morgan fingerprint density at radius 3 is 2.46 bits per heavy atom. The third-order valence-electron chi connectivity index (χ3n) is 3.59. The Labute approximate surface area is 159 Å². The highest BCUT2D eigenvalue weighted by Gasteiger charge is 2.09. The number of amides is 1. The summed E-state index contributed by atoms with van der Waals surface area (Å²) in [4.78, 5) is 14.1. The number of rotatable bonds is 7. The summed E-state index contributed by atoms with van der Waals surface area (Å²) >= 11 is 5.98. The average Bonchev–Trinajstić information content (AvgIpc) is 2.57. The maximum Gasteiger partial charge on any atom is 0.246 e. The first-order valence-corrected chi connectivity index (χ1v) is 10.3. The highest BCUT2D eigenvalue weighted by atomic mass is 35.5. The van der Waals surface area contributed by atoms with E-state index in [0.29, 0.717) is 23.8 Å². The molecule has 26 heavy (non-hydrogen) atoms. The van der Waals surface area contributed by atoms with Crippen molar-refractivity contribution in [3.63, 3.8) is 0 Å². The maximum absolute atomic E-state index is 12.4. The predicted octanol–water partition coefficient (Wildman–Crippen LogP) is 3.77. The number of carbonyl (C=O) groups excluding carboxylic acids is 1. The summed E-state index contributed by atoms with van der Waals surface area (Å²) in [5.74, 6) is -0.106. The quantitative estimate of drug-likeness (QED) is 0.729. The molecule has 0 unspecified atom stereocenters. The Bertz CT molecular complexity index is 893. The number of nitrogens with zero attached hydrogens (tertiary/aromatic N) is 1. The molecule has 0 bridgehead atoms. The van der Waals surface area contributed by atoms with Crippen LogP contribution in [0.3, 0.4) is 0 Å². The zero-order valence-corrected chi connectivity index (χ0v) is 16.2. The molecule has 0 radical (unpaired) electrons. The number of hydrogen-bond acceptors (Lipinski definition) is 3. The molecule has 2 aromatic carbocycles. The standard InChI is InChI=1S/C19H21ClN2O3S/c1-3-22(14-16-5-4-6-17(20)13-16)19(23)12-9-15-7-10-18(11-8-15)21-26(2,24)25/h4-13,21H,3,14H2,1-2H3/b12-9+. The van der Waals surface area contributed by atoms with Crippen LogP contribution in [0.15, 0.2) is 54.6 Å². The van der Waals surface area contributed by atoms with Crippen molar-refractivity contribution in [3.8, 4) is 0 Å². The van der Waals surface area contributed by atoms with Crippen molar-refractivity contribution >= 4 is 39.3 Å². The number of carbonyl (C=O) groups is 1. The molecule has 138 valence electrons. The van der Waals surface area contributed by atoms with Crippen molar-refractivity contribution in [3.05, 3.63) is 70.8 Å². The van der Waals surface area contributed by atoms with Crippen LogP contribution in [0.1, 0.15) is 18.1 Å². The van der Waals surface area contributed by atoms with Crippen LogP contribution in [0.5, 0.6) is 0 Å². The molecule has 0 aliphatic carbocycles. The topological polar surface area (TPSA) is 66.5 Å². The van der Waals surface area contributed by atoms with E-state index in [2.05, 4.69) is 4.72 Å². The predicted molar refractivity (Wildman–Crippen MR) is 106 cm³/mol.